The fourth-order valence-corrected chi connectivity index (χ4v) is 3.01. The molecular weight excluding hydrogens is 301 g/mol. The van der Waals surface area contributed by atoms with E-state index >= 15 is 0 Å². The van der Waals surface area contributed by atoms with Gasteiger partial charge in [0.1, 0.15) is 11.7 Å². The number of H-pyrrole nitrogens is 1. The van der Waals surface area contributed by atoms with Crippen LogP contribution < -0.4 is 5.32 Å². The lowest BCUT2D eigenvalue weighted by Crippen LogP contribution is -2.20. The minimum atomic E-state index is -0.264. The van der Waals surface area contributed by atoms with Gasteiger partial charge in [-0.15, -0.1) is 0 Å². The summed E-state index contributed by atoms with van der Waals surface area (Å²) in [5, 5.41) is 4.85. The van der Waals surface area contributed by atoms with Crippen molar-refractivity contribution < 1.29 is 4.39 Å². The van der Waals surface area contributed by atoms with Gasteiger partial charge in [-0.2, -0.15) is 0 Å². The third-order valence-electron chi connectivity index (χ3n) is 3.81. The van der Waals surface area contributed by atoms with Crippen LogP contribution in [0, 0.1) is 5.82 Å². The number of aromatic amines is 1. The molecule has 0 aliphatic carbocycles. The maximum atomic E-state index is 14.2. The van der Waals surface area contributed by atoms with E-state index < -0.39 is 0 Å². The van der Waals surface area contributed by atoms with Gasteiger partial charge in [0, 0.05) is 28.0 Å². The second-order valence-corrected chi connectivity index (χ2v) is 5.64. The zero-order valence-electron chi connectivity index (χ0n) is 11.7. The molecule has 2 aromatic carbocycles. The highest BCUT2D eigenvalue weighted by molar-refractivity contribution is 6.31. The summed E-state index contributed by atoms with van der Waals surface area (Å²) in [7, 11) is 0. The van der Waals surface area contributed by atoms with Crippen molar-refractivity contribution in [2.24, 2.45) is 4.99 Å². The fourth-order valence-electron chi connectivity index (χ4n) is 2.84. The number of hydrogen-bond acceptors (Lipinski definition) is 2. The maximum absolute atomic E-state index is 14.2. The molecule has 3 nitrogen and oxygen atoms in total. The van der Waals surface area contributed by atoms with Crippen LogP contribution in [0.1, 0.15) is 5.56 Å². The molecule has 0 fully saturated rings. The summed E-state index contributed by atoms with van der Waals surface area (Å²) in [5.74, 6) is 0.520. The Bertz CT molecular complexity index is 898. The van der Waals surface area contributed by atoms with Crippen molar-refractivity contribution in [3.63, 3.8) is 0 Å². The first-order valence-electron chi connectivity index (χ1n) is 7.09. The molecule has 0 amide bonds. The molecule has 1 aromatic heterocycles. The van der Waals surface area contributed by atoms with Crippen LogP contribution in [-0.4, -0.2) is 23.9 Å². The molecule has 0 unspecified atom stereocenters. The molecule has 0 spiro atoms. The van der Waals surface area contributed by atoms with E-state index in [0.717, 1.165) is 41.1 Å². The number of halogens is 2. The molecule has 0 saturated carbocycles. The summed E-state index contributed by atoms with van der Waals surface area (Å²) in [5.41, 5.74) is 3.04. The Morgan fingerprint density at radius 2 is 2.00 bits per heavy atom. The van der Waals surface area contributed by atoms with Crippen molar-refractivity contribution in [1.29, 1.82) is 0 Å². The number of hydrogen-bond donors (Lipinski definition) is 2. The van der Waals surface area contributed by atoms with Crippen LogP contribution in [0.3, 0.4) is 0 Å². The van der Waals surface area contributed by atoms with Crippen molar-refractivity contribution in [3.05, 3.63) is 58.9 Å². The second-order valence-electron chi connectivity index (χ2n) is 5.20. The van der Waals surface area contributed by atoms with E-state index in [2.05, 4.69) is 15.3 Å². The van der Waals surface area contributed by atoms with Crippen LogP contribution in [0.5, 0.6) is 0 Å². The Hall–Kier alpha value is -2.33. The average molecular weight is 314 g/mol. The van der Waals surface area contributed by atoms with E-state index in [1.165, 1.54) is 6.07 Å². The van der Waals surface area contributed by atoms with Crippen molar-refractivity contribution in [1.82, 2.24) is 10.3 Å². The predicted octanol–water partition coefficient (Wildman–Crippen LogP) is 3.98. The Labute approximate surface area is 131 Å². The summed E-state index contributed by atoms with van der Waals surface area (Å²) in [6.07, 6.45) is 0. The molecule has 1 aliphatic rings. The Kier molecular flexibility index (Phi) is 3.12. The first kappa shape index (κ1) is 13.3. The van der Waals surface area contributed by atoms with Gasteiger partial charge in [0.25, 0.3) is 0 Å². The molecular formula is C17H13ClFN3. The van der Waals surface area contributed by atoms with Gasteiger partial charge in [0.15, 0.2) is 0 Å². The molecule has 0 bridgehead atoms. The van der Waals surface area contributed by atoms with Crippen LogP contribution in [0.2, 0.25) is 5.02 Å². The first-order valence-corrected chi connectivity index (χ1v) is 7.46. The van der Waals surface area contributed by atoms with Gasteiger partial charge in [-0.25, -0.2) is 4.39 Å². The molecule has 22 heavy (non-hydrogen) atoms. The van der Waals surface area contributed by atoms with Gasteiger partial charge in [-0.05, 0) is 30.3 Å². The normalized spacial score (nSPS) is 14.2. The smallest absolute Gasteiger partial charge is 0.132 e. The SMILES string of the molecule is Fc1ccccc1-c1[nH]c2ccc(Cl)cc2c1C1=NCCN1. The largest absolute Gasteiger partial charge is 0.368 e. The van der Waals surface area contributed by atoms with Crippen molar-refractivity contribution in [3.8, 4) is 11.3 Å². The zero-order chi connectivity index (χ0) is 15.1. The summed E-state index contributed by atoms with van der Waals surface area (Å²) < 4.78 is 14.2. The number of aromatic nitrogens is 1. The number of rotatable bonds is 2. The summed E-state index contributed by atoms with van der Waals surface area (Å²) in [6, 6.07) is 12.3. The van der Waals surface area contributed by atoms with Gasteiger partial charge >= 0.3 is 0 Å². The highest BCUT2D eigenvalue weighted by atomic mass is 35.5. The van der Waals surface area contributed by atoms with Crippen molar-refractivity contribution in [2.75, 3.05) is 13.1 Å². The lowest BCUT2D eigenvalue weighted by molar-refractivity contribution is 0.631. The van der Waals surface area contributed by atoms with Gasteiger partial charge in [-0.1, -0.05) is 23.7 Å². The summed E-state index contributed by atoms with van der Waals surface area (Å²) in [6.45, 7) is 1.51. The van der Waals surface area contributed by atoms with E-state index in [9.17, 15) is 4.39 Å². The van der Waals surface area contributed by atoms with Crippen LogP contribution >= 0.6 is 11.6 Å². The Balaban J connectivity index is 2.05. The Morgan fingerprint density at radius 1 is 1.14 bits per heavy atom. The maximum Gasteiger partial charge on any atom is 0.132 e. The van der Waals surface area contributed by atoms with E-state index in [4.69, 9.17) is 11.6 Å². The third-order valence-corrected chi connectivity index (χ3v) is 4.05. The molecule has 2 heterocycles. The second kappa shape index (κ2) is 5.14. The minimum Gasteiger partial charge on any atom is -0.368 e. The molecule has 0 radical (unpaired) electrons. The molecule has 1 aliphatic heterocycles. The van der Waals surface area contributed by atoms with Crippen LogP contribution in [-0.2, 0) is 0 Å². The predicted molar refractivity (Wildman–Crippen MR) is 88.1 cm³/mol. The van der Waals surface area contributed by atoms with Gasteiger partial charge in [0.05, 0.1) is 17.8 Å². The molecule has 0 saturated heterocycles. The van der Waals surface area contributed by atoms with E-state index in [-0.39, 0.29) is 5.82 Å². The summed E-state index contributed by atoms with van der Waals surface area (Å²) in [4.78, 5) is 7.80. The van der Waals surface area contributed by atoms with Gasteiger partial charge < -0.3 is 10.3 Å². The number of nitrogens with one attached hydrogen (secondary N) is 2. The highest BCUT2D eigenvalue weighted by Crippen LogP contribution is 2.33. The number of fused-ring (bicyclic) bond motifs is 1. The summed E-state index contributed by atoms with van der Waals surface area (Å²) >= 11 is 6.14. The molecule has 2 N–H and O–H groups in total. The van der Waals surface area contributed by atoms with Gasteiger partial charge in [-0.3, -0.25) is 4.99 Å². The zero-order valence-corrected chi connectivity index (χ0v) is 12.4. The molecule has 5 heteroatoms. The molecule has 3 aromatic rings. The van der Waals surface area contributed by atoms with E-state index in [1.54, 1.807) is 12.1 Å². The minimum absolute atomic E-state index is 0.264. The Morgan fingerprint density at radius 3 is 2.77 bits per heavy atom. The monoisotopic (exact) mass is 313 g/mol. The topological polar surface area (TPSA) is 40.2 Å². The molecule has 0 atom stereocenters. The van der Waals surface area contributed by atoms with Gasteiger partial charge in [0.2, 0.25) is 0 Å². The lowest BCUT2D eigenvalue weighted by atomic mass is 10.0. The fraction of sp³-hybridized carbons (Fsp3) is 0.118. The van der Waals surface area contributed by atoms with Crippen LogP contribution in [0.15, 0.2) is 47.5 Å². The van der Waals surface area contributed by atoms with E-state index in [0.29, 0.717) is 10.6 Å². The van der Waals surface area contributed by atoms with Crippen LogP contribution in [0.25, 0.3) is 22.2 Å². The average Bonchev–Trinajstić information content (AvgIpc) is 3.14. The molecule has 4 rings (SSSR count). The number of nitrogens with zero attached hydrogens (tertiary/aromatic N) is 1. The quantitative estimate of drug-likeness (QED) is 0.738. The number of benzene rings is 2. The lowest BCUT2D eigenvalue weighted by Gasteiger charge is -2.07. The molecule has 110 valence electrons. The standard InChI is InChI=1S/C17H13ClFN3/c18-10-5-6-14-12(9-10)15(17-20-7-8-21-17)16(22-14)11-3-1-2-4-13(11)19/h1-6,9,22H,7-8H2,(H,20,21). The van der Waals surface area contributed by atoms with Crippen molar-refractivity contribution >= 4 is 28.3 Å². The third kappa shape index (κ3) is 2.07. The number of amidine groups is 1. The van der Waals surface area contributed by atoms with E-state index in [1.807, 2.05) is 24.3 Å². The highest BCUT2D eigenvalue weighted by Gasteiger charge is 2.21. The first-order chi connectivity index (χ1) is 10.7. The van der Waals surface area contributed by atoms with Crippen molar-refractivity contribution in [2.45, 2.75) is 0 Å². The number of aliphatic imine (C=N–C) groups is 1. The van der Waals surface area contributed by atoms with Crippen LogP contribution in [0.4, 0.5) is 4.39 Å².